The monoisotopic (exact) mass is 300 g/mol. The van der Waals surface area contributed by atoms with E-state index in [0.29, 0.717) is 16.5 Å². The molecule has 2 saturated heterocycles. The van der Waals surface area contributed by atoms with Crippen molar-refractivity contribution in [2.45, 2.75) is 31.3 Å². The van der Waals surface area contributed by atoms with Crippen LogP contribution in [0.25, 0.3) is 0 Å². The van der Waals surface area contributed by atoms with Crippen LogP contribution in [0.4, 0.5) is 0 Å². The van der Waals surface area contributed by atoms with E-state index in [1.54, 1.807) is 6.07 Å². The Morgan fingerprint density at radius 3 is 2.84 bits per heavy atom. The van der Waals surface area contributed by atoms with Crippen molar-refractivity contribution in [1.29, 1.82) is 0 Å². The van der Waals surface area contributed by atoms with Gasteiger partial charge in [0.15, 0.2) is 5.78 Å². The van der Waals surface area contributed by atoms with Crippen LogP contribution in [-0.2, 0) is 9.47 Å². The lowest BCUT2D eigenvalue weighted by atomic mass is 9.79. The first-order valence-electron chi connectivity index (χ1n) is 6.69. The van der Waals surface area contributed by atoms with Crippen molar-refractivity contribution in [2.75, 3.05) is 19.8 Å². The van der Waals surface area contributed by atoms with Crippen LogP contribution in [0, 0.1) is 5.92 Å². The zero-order valence-electron chi connectivity index (χ0n) is 10.7. The molecule has 0 aromatic carbocycles. The summed E-state index contributed by atoms with van der Waals surface area (Å²) in [5.74, 6) is 0.233. The van der Waals surface area contributed by atoms with Gasteiger partial charge >= 0.3 is 0 Å². The maximum absolute atomic E-state index is 12.5. The summed E-state index contributed by atoms with van der Waals surface area (Å²) in [5.41, 5.74) is -0.138. The van der Waals surface area contributed by atoms with E-state index in [-0.39, 0.29) is 17.3 Å². The quantitative estimate of drug-likeness (QED) is 0.784. The van der Waals surface area contributed by atoms with Gasteiger partial charge in [-0.25, -0.2) is 0 Å². The van der Waals surface area contributed by atoms with Crippen LogP contribution in [-0.4, -0.2) is 31.2 Å². The predicted octanol–water partition coefficient (Wildman–Crippen LogP) is 3.56. The summed E-state index contributed by atoms with van der Waals surface area (Å²) >= 11 is 7.51. The maximum Gasteiger partial charge on any atom is 0.177 e. The van der Waals surface area contributed by atoms with Crippen LogP contribution in [0.3, 0.4) is 0 Å². The van der Waals surface area contributed by atoms with Crippen molar-refractivity contribution in [3.8, 4) is 0 Å². The van der Waals surface area contributed by atoms with Gasteiger partial charge in [0.25, 0.3) is 0 Å². The lowest BCUT2D eigenvalue weighted by Gasteiger charge is -2.42. The van der Waals surface area contributed by atoms with Crippen molar-refractivity contribution in [1.82, 2.24) is 0 Å². The largest absolute Gasteiger partial charge is 0.381 e. The molecule has 2 aliphatic heterocycles. The highest BCUT2D eigenvalue weighted by Crippen LogP contribution is 2.39. The molecule has 0 amide bonds. The molecule has 0 aliphatic carbocycles. The molecule has 0 saturated carbocycles. The zero-order chi connectivity index (χ0) is 13.3. The fourth-order valence-electron chi connectivity index (χ4n) is 3.00. The Labute approximate surface area is 121 Å². The average molecular weight is 301 g/mol. The Balaban J connectivity index is 1.74. The number of thiophene rings is 1. The molecule has 19 heavy (non-hydrogen) atoms. The molecule has 0 bridgehead atoms. The van der Waals surface area contributed by atoms with Crippen molar-refractivity contribution in [2.24, 2.45) is 5.92 Å². The molecule has 1 unspecified atom stereocenters. The van der Waals surface area contributed by atoms with Crippen molar-refractivity contribution in [3.63, 3.8) is 0 Å². The van der Waals surface area contributed by atoms with Crippen LogP contribution in [0.5, 0.6) is 0 Å². The molecule has 3 rings (SSSR count). The Hall–Kier alpha value is -0.420. The van der Waals surface area contributed by atoms with Crippen LogP contribution < -0.4 is 0 Å². The molecule has 2 aliphatic rings. The fourth-order valence-corrected chi connectivity index (χ4v) is 4.17. The summed E-state index contributed by atoms with van der Waals surface area (Å²) in [7, 11) is 0. The number of halogens is 1. The third-order valence-corrected chi connectivity index (χ3v) is 5.46. The number of hydrogen-bond acceptors (Lipinski definition) is 4. The highest BCUT2D eigenvalue weighted by molar-refractivity contribution is 7.12. The number of carbonyl (C=O) groups is 1. The lowest BCUT2D eigenvalue weighted by molar-refractivity contribution is -0.142. The highest BCUT2D eigenvalue weighted by Gasteiger charge is 2.41. The van der Waals surface area contributed by atoms with Crippen LogP contribution in [0.1, 0.15) is 35.4 Å². The second kappa shape index (κ2) is 5.52. The molecule has 2 fully saturated rings. The molecular formula is C14H17ClO3S. The van der Waals surface area contributed by atoms with Gasteiger partial charge in [-0.2, -0.15) is 0 Å². The molecule has 0 radical (unpaired) electrons. The molecule has 1 aromatic heterocycles. The summed E-state index contributed by atoms with van der Waals surface area (Å²) < 4.78 is 11.4. The smallest absolute Gasteiger partial charge is 0.177 e. The maximum atomic E-state index is 12.5. The number of ether oxygens (including phenoxy) is 2. The normalized spacial score (nSPS) is 26.5. The van der Waals surface area contributed by atoms with E-state index in [4.69, 9.17) is 21.1 Å². The van der Waals surface area contributed by atoms with Gasteiger partial charge in [-0.3, -0.25) is 4.79 Å². The molecule has 1 aromatic rings. The zero-order valence-corrected chi connectivity index (χ0v) is 12.3. The summed E-state index contributed by atoms with van der Waals surface area (Å²) in [6, 6.07) is 1.79. The molecular weight excluding hydrogens is 284 g/mol. The average Bonchev–Trinajstić information content (AvgIpc) is 2.85. The molecule has 1 spiro atoms. The SMILES string of the molecule is O=C(c1sccc1Cl)C1CCOC2(CCOCC2)C1. The summed E-state index contributed by atoms with van der Waals surface area (Å²) in [4.78, 5) is 13.3. The molecule has 5 heteroatoms. The summed E-state index contributed by atoms with van der Waals surface area (Å²) in [6.07, 6.45) is 3.41. The Bertz CT molecular complexity index is 460. The van der Waals surface area contributed by atoms with E-state index in [2.05, 4.69) is 0 Å². The number of carbonyl (C=O) groups excluding carboxylic acids is 1. The molecule has 0 N–H and O–H groups in total. The second-order valence-electron chi connectivity index (χ2n) is 5.30. The van der Waals surface area contributed by atoms with E-state index in [1.165, 1.54) is 11.3 Å². The van der Waals surface area contributed by atoms with Gasteiger partial charge in [0.2, 0.25) is 0 Å². The molecule has 3 nitrogen and oxygen atoms in total. The summed E-state index contributed by atoms with van der Waals surface area (Å²) in [5, 5.41) is 2.46. The minimum absolute atomic E-state index is 0.0444. The van der Waals surface area contributed by atoms with Crippen LogP contribution >= 0.6 is 22.9 Å². The van der Waals surface area contributed by atoms with E-state index in [9.17, 15) is 4.79 Å². The van der Waals surface area contributed by atoms with Gasteiger partial charge in [-0.1, -0.05) is 11.6 Å². The van der Waals surface area contributed by atoms with Gasteiger partial charge < -0.3 is 9.47 Å². The van der Waals surface area contributed by atoms with E-state index in [0.717, 1.165) is 38.9 Å². The number of Topliss-reactive ketones (excluding diaryl/α,β-unsaturated/α-hetero) is 1. The standard InChI is InChI=1S/C14H17ClO3S/c15-11-2-8-19-13(11)12(16)10-1-5-18-14(9-10)3-6-17-7-4-14/h2,8,10H,1,3-7,9H2. The Kier molecular flexibility index (Phi) is 3.94. The molecule has 104 valence electrons. The number of rotatable bonds is 2. The Morgan fingerprint density at radius 2 is 2.16 bits per heavy atom. The van der Waals surface area contributed by atoms with Crippen LogP contribution in [0.2, 0.25) is 5.02 Å². The topological polar surface area (TPSA) is 35.5 Å². The van der Waals surface area contributed by atoms with Gasteiger partial charge in [-0.15, -0.1) is 11.3 Å². The Morgan fingerprint density at radius 1 is 1.37 bits per heavy atom. The highest BCUT2D eigenvalue weighted by atomic mass is 35.5. The van der Waals surface area contributed by atoms with Gasteiger partial charge in [0.05, 0.1) is 15.5 Å². The van der Waals surface area contributed by atoms with E-state index < -0.39 is 0 Å². The number of hydrogen-bond donors (Lipinski definition) is 0. The van der Waals surface area contributed by atoms with E-state index in [1.807, 2.05) is 5.38 Å². The predicted molar refractivity (Wildman–Crippen MR) is 75.1 cm³/mol. The van der Waals surface area contributed by atoms with Gasteiger partial charge in [0, 0.05) is 25.7 Å². The van der Waals surface area contributed by atoms with Gasteiger partial charge in [0.1, 0.15) is 0 Å². The van der Waals surface area contributed by atoms with Crippen LogP contribution in [0.15, 0.2) is 11.4 Å². The first-order chi connectivity index (χ1) is 9.20. The number of ketones is 1. The minimum Gasteiger partial charge on any atom is -0.381 e. The fraction of sp³-hybridized carbons (Fsp3) is 0.643. The first-order valence-corrected chi connectivity index (χ1v) is 7.95. The van der Waals surface area contributed by atoms with Crippen molar-refractivity contribution < 1.29 is 14.3 Å². The van der Waals surface area contributed by atoms with Crippen molar-refractivity contribution in [3.05, 3.63) is 21.3 Å². The van der Waals surface area contributed by atoms with E-state index >= 15 is 0 Å². The third-order valence-electron chi connectivity index (χ3n) is 4.11. The summed E-state index contributed by atoms with van der Waals surface area (Å²) in [6.45, 7) is 2.14. The second-order valence-corrected chi connectivity index (χ2v) is 6.62. The first kappa shape index (κ1) is 13.6. The third kappa shape index (κ3) is 2.72. The minimum atomic E-state index is -0.138. The molecule has 1 atom stereocenters. The van der Waals surface area contributed by atoms with Crippen molar-refractivity contribution >= 4 is 28.7 Å². The van der Waals surface area contributed by atoms with Gasteiger partial charge in [-0.05, 0) is 37.1 Å². The molecule has 3 heterocycles. The lowest BCUT2D eigenvalue weighted by Crippen LogP contribution is -2.45.